The normalized spacial score (nSPS) is 12.4. The summed E-state index contributed by atoms with van der Waals surface area (Å²) in [5.41, 5.74) is 2.02. The molecule has 0 fully saturated rings. The molecule has 0 spiro atoms. The Morgan fingerprint density at radius 3 is 2.42 bits per heavy atom. The first kappa shape index (κ1) is 14.3. The monoisotopic (exact) mass is 297 g/mol. The van der Waals surface area contributed by atoms with Crippen molar-refractivity contribution in [3.05, 3.63) is 69.5 Å². The topological polar surface area (TPSA) is 12.0 Å². The molecule has 0 aliphatic carbocycles. The highest BCUT2D eigenvalue weighted by atomic mass is 35.5. The van der Waals surface area contributed by atoms with Crippen molar-refractivity contribution in [3.8, 4) is 0 Å². The van der Waals surface area contributed by atoms with Crippen LogP contribution in [-0.2, 0) is 6.54 Å². The molecule has 2 aromatic rings. The summed E-state index contributed by atoms with van der Waals surface area (Å²) in [7, 11) is 0. The van der Waals surface area contributed by atoms with E-state index in [4.69, 9.17) is 23.2 Å². The van der Waals surface area contributed by atoms with Crippen molar-refractivity contribution in [2.75, 3.05) is 0 Å². The molecule has 4 heteroatoms. The van der Waals surface area contributed by atoms with Gasteiger partial charge < -0.3 is 5.32 Å². The fraction of sp³-hybridized carbons (Fsp3) is 0.200. The Hall–Kier alpha value is -1.09. The van der Waals surface area contributed by atoms with Gasteiger partial charge in [0.1, 0.15) is 5.82 Å². The van der Waals surface area contributed by atoms with Crippen molar-refractivity contribution in [2.24, 2.45) is 0 Å². The van der Waals surface area contributed by atoms with E-state index in [1.54, 1.807) is 6.07 Å². The van der Waals surface area contributed by atoms with E-state index >= 15 is 0 Å². The largest absolute Gasteiger partial charge is 0.306 e. The van der Waals surface area contributed by atoms with E-state index < -0.39 is 0 Å². The smallest absolute Gasteiger partial charge is 0.124 e. The number of benzene rings is 2. The Labute approximate surface area is 122 Å². The lowest BCUT2D eigenvalue weighted by molar-refractivity contribution is 0.573. The summed E-state index contributed by atoms with van der Waals surface area (Å²) >= 11 is 11.8. The van der Waals surface area contributed by atoms with Crippen molar-refractivity contribution in [1.29, 1.82) is 0 Å². The Bertz CT molecular complexity index is 555. The summed E-state index contributed by atoms with van der Waals surface area (Å²) in [6.07, 6.45) is 0. The van der Waals surface area contributed by atoms with Gasteiger partial charge in [-0.15, -0.1) is 0 Å². The summed E-state index contributed by atoms with van der Waals surface area (Å²) in [6.45, 7) is 2.64. The predicted molar refractivity (Wildman–Crippen MR) is 78.1 cm³/mol. The average molecular weight is 298 g/mol. The molecule has 0 aliphatic rings. The molecule has 1 nitrogen and oxygen atoms in total. The van der Waals surface area contributed by atoms with Crippen LogP contribution >= 0.6 is 23.2 Å². The van der Waals surface area contributed by atoms with E-state index in [1.165, 1.54) is 12.1 Å². The van der Waals surface area contributed by atoms with Crippen LogP contribution in [-0.4, -0.2) is 0 Å². The zero-order chi connectivity index (χ0) is 13.8. The SMILES string of the molecule is CC(NCc1ccc(F)cc1Cl)c1ccc(Cl)cc1. The molecule has 100 valence electrons. The first-order valence-corrected chi connectivity index (χ1v) is 6.74. The summed E-state index contributed by atoms with van der Waals surface area (Å²) in [5, 5.41) is 4.51. The third-order valence-corrected chi connectivity index (χ3v) is 3.59. The minimum Gasteiger partial charge on any atom is -0.306 e. The average Bonchev–Trinajstić information content (AvgIpc) is 2.38. The van der Waals surface area contributed by atoms with Crippen LogP contribution in [0.2, 0.25) is 10.0 Å². The molecule has 1 N–H and O–H groups in total. The van der Waals surface area contributed by atoms with E-state index in [9.17, 15) is 4.39 Å². The predicted octanol–water partition coefficient (Wildman–Crippen LogP) is 4.98. The third kappa shape index (κ3) is 3.93. The molecular formula is C15H14Cl2FN. The van der Waals surface area contributed by atoms with Gasteiger partial charge in [-0.1, -0.05) is 41.4 Å². The summed E-state index contributed by atoms with van der Waals surface area (Å²) in [4.78, 5) is 0. The fourth-order valence-corrected chi connectivity index (χ4v) is 2.16. The van der Waals surface area contributed by atoms with Crippen molar-refractivity contribution < 1.29 is 4.39 Å². The van der Waals surface area contributed by atoms with E-state index in [-0.39, 0.29) is 11.9 Å². The minimum atomic E-state index is -0.320. The van der Waals surface area contributed by atoms with Crippen LogP contribution in [0.4, 0.5) is 4.39 Å². The number of hydrogen-bond donors (Lipinski definition) is 1. The van der Waals surface area contributed by atoms with E-state index in [1.807, 2.05) is 24.3 Å². The van der Waals surface area contributed by atoms with Crippen LogP contribution in [0.15, 0.2) is 42.5 Å². The molecule has 1 unspecified atom stereocenters. The van der Waals surface area contributed by atoms with Crippen LogP contribution < -0.4 is 5.32 Å². The maximum absolute atomic E-state index is 12.9. The number of nitrogens with one attached hydrogen (secondary N) is 1. The van der Waals surface area contributed by atoms with Crippen LogP contribution in [0.5, 0.6) is 0 Å². The number of hydrogen-bond acceptors (Lipinski definition) is 1. The van der Waals surface area contributed by atoms with E-state index in [0.29, 0.717) is 11.6 Å². The molecule has 1 atom stereocenters. The second-order valence-electron chi connectivity index (χ2n) is 4.39. The third-order valence-electron chi connectivity index (χ3n) is 2.98. The van der Waals surface area contributed by atoms with Gasteiger partial charge in [0.2, 0.25) is 0 Å². The highest BCUT2D eigenvalue weighted by Gasteiger charge is 2.07. The standard InChI is InChI=1S/C15H14Cl2FN/c1-10(11-2-5-13(16)6-3-11)19-9-12-4-7-14(18)8-15(12)17/h2-8,10,19H,9H2,1H3. The van der Waals surface area contributed by atoms with Gasteiger partial charge in [-0.05, 0) is 42.3 Å². The fourth-order valence-electron chi connectivity index (χ4n) is 1.80. The lowest BCUT2D eigenvalue weighted by atomic mass is 10.1. The lowest BCUT2D eigenvalue weighted by Gasteiger charge is -2.15. The first-order chi connectivity index (χ1) is 9.06. The molecule has 19 heavy (non-hydrogen) atoms. The molecule has 2 rings (SSSR count). The lowest BCUT2D eigenvalue weighted by Crippen LogP contribution is -2.18. The van der Waals surface area contributed by atoms with Crippen LogP contribution in [0.3, 0.4) is 0 Å². The van der Waals surface area contributed by atoms with Gasteiger partial charge in [-0.3, -0.25) is 0 Å². The van der Waals surface area contributed by atoms with Gasteiger partial charge in [0.25, 0.3) is 0 Å². The highest BCUT2D eigenvalue weighted by Crippen LogP contribution is 2.20. The molecule has 0 heterocycles. The van der Waals surface area contributed by atoms with E-state index in [0.717, 1.165) is 16.1 Å². The zero-order valence-corrected chi connectivity index (χ0v) is 12.0. The Kier molecular flexibility index (Phi) is 4.81. The molecule has 0 radical (unpaired) electrons. The Morgan fingerprint density at radius 1 is 1.11 bits per heavy atom. The molecule has 0 saturated heterocycles. The van der Waals surface area contributed by atoms with Crippen LogP contribution in [0.25, 0.3) is 0 Å². The summed E-state index contributed by atoms with van der Waals surface area (Å²) in [5.74, 6) is -0.320. The van der Waals surface area contributed by atoms with Crippen LogP contribution in [0, 0.1) is 5.82 Å². The van der Waals surface area contributed by atoms with Gasteiger partial charge in [-0.2, -0.15) is 0 Å². The number of halogens is 3. The van der Waals surface area contributed by atoms with Crippen molar-refractivity contribution in [1.82, 2.24) is 5.32 Å². The van der Waals surface area contributed by atoms with Gasteiger partial charge in [-0.25, -0.2) is 4.39 Å². The maximum Gasteiger partial charge on any atom is 0.124 e. The van der Waals surface area contributed by atoms with E-state index in [2.05, 4.69) is 12.2 Å². The Balaban J connectivity index is 2.00. The Morgan fingerprint density at radius 2 is 1.79 bits per heavy atom. The van der Waals surface area contributed by atoms with Gasteiger partial charge in [0.15, 0.2) is 0 Å². The highest BCUT2D eigenvalue weighted by molar-refractivity contribution is 6.31. The summed E-state index contributed by atoms with van der Waals surface area (Å²) < 4.78 is 12.9. The number of rotatable bonds is 4. The molecule has 0 aromatic heterocycles. The van der Waals surface area contributed by atoms with Crippen LogP contribution in [0.1, 0.15) is 24.1 Å². The molecule has 0 bridgehead atoms. The second-order valence-corrected chi connectivity index (χ2v) is 5.23. The molecule has 2 aromatic carbocycles. The zero-order valence-electron chi connectivity index (χ0n) is 10.5. The summed E-state index contributed by atoms with van der Waals surface area (Å²) in [6, 6.07) is 12.3. The van der Waals surface area contributed by atoms with Gasteiger partial charge in [0, 0.05) is 22.6 Å². The second kappa shape index (κ2) is 6.38. The quantitative estimate of drug-likeness (QED) is 0.839. The van der Waals surface area contributed by atoms with Crippen molar-refractivity contribution in [2.45, 2.75) is 19.5 Å². The molecule has 0 amide bonds. The maximum atomic E-state index is 12.9. The van der Waals surface area contributed by atoms with Crippen molar-refractivity contribution >= 4 is 23.2 Å². The molecular weight excluding hydrogens is 284 g/mol. The van der Waals surface area contributed by atoms with Crippen molar-refractivity contribution in [3.63, 3.8) is 0 Å². The van der Waals surface area contributed by atoms with Gasteiger partial charge in [0.05, 0.1) is 0 Å². The molecule has 0 aliphatic heterocycles. The minimum absolute atomic E-state index is 0.165. The van der Waals surface area contributed by atoms with Gasteiger partial charge >= 0.3 is 0 Å². The first-order valence-electron chi connectivity index (χ1n) is 5.99. The molecule has 0 saturated carbocycles.